The maximum Gasteiger partial charge on any atom is 0.358 e. The minimum Gasteiger partial charge on any atom is -0.476 e. The number of nitrogens with two attached hydrogens (primary N) is 1. The fourth-order valence-electron chi connectivity index (χ4n) is 1.82. The molecule has 2 aromatic rings. The molecular formula is C12H15N5O3S. The molecule has 0 radical (unpaired) electrons. The molecule has 0 fully saturated rings. The van der Waals surface area contributed by atoms with Gasteiger partial charge in [-0.25, -0.2) is 9.48 Å². The van der Waals surface area contributed by atoms with Crippen molar-refractivity contribution in [1.82, 2.24) is 19.9 Å². The van der Waals surface area contributed by atoms with Gasteiger partial charge in [0.25, 0.3) is 0 Å². The molecule has 0 aliphatic carbocycles. The molecule has 112 valence electrons. The van der Waals surface area contributed by atoms with Gasteiger partial charge in [0.1, 0.15) is 6.54 Å². The van der Waals surface area contributed by atoms with Crippen LogP contribution in [0.25, 0.3) is 0 Å². The highest BCUT2D eigenvalue weighted by molar-refractivity contribution is 7.07. The lowest BCUT2D eigenvalue weighted by Gasteiger charge is -2.16. The van der Waals surface area contributed by atoms with Crippen LogP contribution >= 0.6 is 11.3 Å². The van der Waals surface area contributed by atoms with Crippen molar-refractivity contribution in [3.8, 4) is 0 Å². The number of amides is 1. The van der Waals surface area contributed by atoms with Gasteiger partial charge in [0, 0.05) is 20.1 Å². The second kappa shape index (κ2) is 6.46. The zero-order valence-corrected chi connectivity index (χ0v) is 12.2. The predicted molar refractivity (Wildman–Crippen MR) is 75.7 cm³/mol. The summed E-state index contributed by atoms with van der Waals surface area (Å²) >= 11 is 1.56. The lowest BCUT2D eigenvalue weighted by Crippen LogP contribution is -2.31. The number of carboxylic acid groups (broad SMARTS) is 1. The van der Waals surface area contributed by atoms with Gasteiger partial charge in [-0.3, -0.25) is 4.79 Å². The van der Waals surface area contributed by atoms with Crippen LogP contribution in [0.4, 0.5) is 0 Å². The van der Waals surface area contributed by atoms with E-state index in [0.717, 1.165) is 5.56 Å². The van der Waals surface area contributed by atoms with Crippen LogP contribution in [0.5, 0.6) is 0 Å². The van der Waals surface area contributed by atoms with Crippen molar-refractivity contribution < 1.29 is 14.7 Å². The summed E-state index contributed by atoms with van der Waals surface area (Å²) in [6, 6.07) is 1.94. The maximum absolute atomic E-state index is 12.1. The van der Waals surface area contributed by atoms with Gasteiger partial charge >= 0.3 is 5.97 Å². The number of thiophene rings is 1. The van der Waals surface area contributed by atoms with Crippen LogP contribution in [0.1, 0.15) is 21.7 Å². The van der Waals surface area contributed by atoms with E-state index in [1.54, 1.807) is 23.3 Å². The largest absolute Gasteiger partial charge is 0.476 e. The molecule has 8 nitrogen and oxygen atoms in total. The molecule has 2 aromatic heterocycles. The van der Waals surface area contributed by atoms with Crippen LogP contribution < -0.4 is 5.73 Å². The topological polar surface area (TPSA) is 114 Å². The molecule has 2 rings (SSSR count). The summed E-state index contributed by atoms with van der Waals surface area (Å²) in [5.74, 6) is -1.40. The number of carbonyl (C=O) groups excluding carboxylic acids is 1. The Bertz CT molecular complexity index is 637. The van der Waals surface area contributed by atoms with Crippen molar-refractivity contribution in [2.24, 2.45) is 5.73 Å². The van der Waals surface area contributed by atoms with Crippen LogP contribution in [0, 0.1) is 0 Å². The van der Waals surface area contributed by atoms with Gasteiger partial charge in [0.2, 0.25) is 5.91 Å². The second-order valence-electron chi connectivity index (χ2n) is 4.43. The number of hydrogen-bond acceptors (Lipinski definition) is 6. The Hall–Kier alpha value is -2.26. The minimum absolute atomic E-state index is 0.0455. The molecule has 0 saturated carbocycles. The third-order valence-corrected chi connectivity index (χ3v) is 3.68. The Balaban J connectivity index is 2.07. The van der Waals surface area contributed by atoms with E-state index in [1.165, 1.54) is 4.68 Å². The monoisotopic (exact) mass is 309 g/mol. The summed E-state index contributed by atoms with van der Waals surface area (Å²) < 4.78 is 1.23. The van der Waals surface area contributed by atoms with Crippen LogP contribution in [0.2, 0.25) is 0 Å². The molecule has 0 aliphatic rings. The van der Waals surface area contributed by atoms with Gasteiger partial charge in [0.15, 0.2) is 5.69 Å². The number of nitrogens with zero attached hydrogens (tertiary/aromatic N) is 4. The lowest BCUT2D eigenvalue weighted by atomic mass is 10.3. The first kappa shape index (κ1) is 15.1. The lowest BCUT2D eigenvalue weighted by molar-refractivity contribution is -0.131. The van der Waals surface area contributed by atoms with Gasteiger partial charge in [-0.05, 0) is 22.4 Å². The number of rotatable bonds is 6. The fourth-order valence-corrected chi connectivity index (χ4v) is 2.48. The number of aromatic carboxylic acids is 1. The summed E-state index contributed by atoms with van der Waals surface area (Å²) in [5.41, 5.74) is 6.57. The molecule has 1 amide bonds. The van der Waals surface area contributed by atoms with Crippen molar-refractivity contribution >= 4 is 23.2 Å². The molecule has 3 N–H and O–H groups in total. The van der Waals surface area contributed by atoms with Crippen molar-refractivity contribution in [2.75, 3.05) is 7.05 Å². The van der Waals surface area contributed by atoms with Gasteiger partial charge < -0.3 is 15.7 Å². The first-order valence-electron chi connectivity index (χ1n) is 6.13. The van der Waals surface area contributed by atoms with Crippen molar-refractivity contribution in [3.63, 3.8) is 0 Å². The zero-order valence-electron chi connectivity index (χ0n) is 11.4. The minimum atomic E-state index is -1.21. The number of carbonyl (C=O) groups is 2. The van der Waals surface area contributed by atoms with Gasteiger partial charge in [-0.2, -0.15) is 11.3 Å². The maximum atomic E-state index is 12.1. The highest BCUT2D eigenvalue weighted by atomic mass is 32.1. The standard InChI is InChI=1S/C12H15N5O3S/c1-16(5-8-2-3-21-7-8)10(18)6-17-9(4-13)11(12(19)20)14-15-17/h2-3,7H,4-6,13H2,1H3,(H,19,20). The molecule has 2 heterocycles. The number of aromatic nitrogens is 3. The molecule has 0 unspecified atom stereocenters. The third-order valence-electron chi connectivity index (χ3n) is 2.94. The summed E-state index contributed by atoms with van der Waals surface area (Å²) in [7, 11) is 1.68. The van der Waals surface area contributed by atoms with E-state index in [1.807, 2.05) is 16.8 Å². The van der Waals surface area contributed by atoms with Crippen LogP contribution in [0.15, 0.2) is 16.8 Å². The van der Waals surface area contributed by atoms with Crippen molar-refractivity contribution in [1.29, 1.82) is 0 Å². The Morgan fingerprint density at radius 1 is 1.52 bits per heavy atom. The van der Waals surface area contributed by atoms with E-state index in [4.69, 9.17) is 10.8 Å². The van der Waals surface area contributed by atoms with E-state index in [0.29, 0.717) is 6.54 Å². The van der Waals surface area contributed by atoms with Crippen LogP contribution in [-0.4, -0.2) is 43.9 Å². The van der Waals surface area contributed by atoms with E-state index < -0.39 is 5.97 Å². The van der Waals surface area contributed by atoms with Crippen molar-refractivity contribution in [3.05, 3.63) is 33.8 Å². The molecule has 0 atom stereocenters. The molecular weight excluding hydrogens is 294 g/mol. The normalized spacial score (nSPS) is 10.6. The van der Waals surface area contributed by atoms with Crippen LogP contribution in [0.3, 0.4) is 0 Å². The highest BCUT2D eigenvalue weighted by Gasteiger charge is 2.20. The Labute approximate surface area is 124 Å². The zero-order chi connectivity index (χ0) is 15.4. The summed E-state index contributed by atoms with van der Waals surface area (Å²) in [4.78, 5) is 24.6. The van der Waals surface area contributed by atoms with Gasteiger partial charge in [-0.15, -0.1) is 5.10 Å². The summed E-state index contributed by atoms with van der Waals surface area (Å²) in [6.45, 7) is 0.352. The quantitative estimate of drug-likeness (QED) is 0.785. The molecule has 21 heavy (non-hydrogen) atoms. The third kappa shape index (κ3) is 3.44. The molecule has 0 saturated heterocycles. The predicted octanol–water partition coefficient (Wildman–Crippen LogP) is 0.155. The fraction of sp³-hybridized carbons (Fsp3) is 0.333. The number of hydrogen-bond donors (Lipinski definition) is 2. The molecule has 0 aliphatic heterocycles. The number of likely N-dealkylation sites (N-methyl/N-ethyl adjacent to an activating group) is 1. The average Bonchev–Trinajstić information content (AvgIpc) is 3.07. The van der Waals surface area contributed by atoms with E-state index in [-0.39, 0.29) is 30.4 Å². The Morgan fingerprint density at radius 3 is 2.86 bits per heavy atom. The van der Waals surface area contributed by atoms with E-state index >= 15 is 0 Å². The molecule has 9 heteroatoms. The molecule has 0 spiro atoms. The molecule has 0 bridgehead atoms. The Morgan fingerprint density at radius 2 is 2.29 bits per heavy atom. The number of carboxylic acids is 1. The van der Waals surface area contributed by atoms with Crippen LogP contribution in [-0.2, 0) is 24.4 Å². The second-order valence-corrected chi connectivity index (χ2v) is 5.21. The smallest absolute Gasteiger partial charge is 0.358 e. The van der Waals surface area contributed by atoms with Crippen molar-refractivity contribution in [2.45, 2.75) is 19.6 Å². The summed E-state index contributed by atoms with van der Waals surface area (Å²) in [6.07, 6.45) is 0. The molecule has 0 aromatic carbocycles. The van der Waals surface area contributed by atoms with Gasteiger partial charge in [-0.1, -0.05) is 5.21 Å². The first-order chi connectivity index (χ1) is 10.0. The SMILES string of the molecule is CN(Cc1ccsc1)C(=O)Cn1nnc(C(=O)O)c1CN. The van der Waals surface area contributed by atoms with Gasteiger partial charge in [0.05, 0.1) is 5.69 Å². The van der Waals surface area contributed by atoms with E-state index in [2.05, 4.69) is 10.3 Å². The average molecular weight is 309 g/mol. The Kier molecular flexibility index (Phi) is 4.66. The van der Waals surface area contributed by atoms with E-state index in [9.17, 15) is 9.59 Å². The first-order valence-corrected chi connectivity index (χ1v) is 7.08. The summed E-state index contributed by atoms with van der Waals surface area (Å²) in [5, 5.41) is 20.1. The highest BCUT2D eigenvalue weighted by Crippen LogP contribution is 2.10.